The Morgan fingerprint density at radius 3 is 2.32 bits per heavy atom. The summed E-state index contributed by atoms with van der Waals surface area (Å²) in [6.07, 6.45) is 1.45. The van der Waals surface area contributed by atoms with E-state index in [1.54, 1.807) is 0 Å². The van der Waals surface area contributed by atoms with Crippen LogP contribution >= 0.6 is 11.8 Å². The minimum Gasteiger partial charge on any atom is -0.481 e. The average Bonchev–Trinajstić information content (AvgIpc) is 2.44. The van der Waals surface area contributed by atoms with Gasteiger partial charge in [0.15, 0.2) is 0 Å². The highest BCUT2D eigenvalue weighted by Gasteiger charge is 2.13. The molecule has 0 aliphatic heterocycles. The highest BCUT2D eigenvalue weighted by Crippen LogP contribution is 2.25. The van der Waals surface area contributed by atoms with Gasteiger partial charge in [0, 0.05) is 17.9 Å². The molecular formula is C17H25NO3S. The van der Waals surface area contributed by atoms with Crippen LogP contribution in [0.2, 0.25) is 0 Å². The van der Waals surface area contributed by atoms with Crippen LogP contribution in [0.3, 0.4) is 0 Å². The van der Waals surface area contributed by atoms with Gasteiger partial charge >= 0.3 is 5.97 Å². The molecule has 0 saturated heterocycles. The molecule has 0 aliphatic rings. The van der Waals surface area contributed by atoms with Gasteiger partial charge in [-0.1, -0.05) is 32.9 Å². The summed E-state index contributed by atoms with van der Waals surface area (Å²) in [5, 5.41) is 11.3. The molecule has 122 valence electrons. The van der Waals surface area contributed by atoms with Gasteiger partial charge in [-0.2, -0.15) is 0 Å². The molecule has 1 rings (SSSR count). The quantitative estimate of drug-likeness (QED) is 0.568. The summed E-state index contributed by atoms with van der Waals surface area (Å²) in [4.78, 5) is 23.1. The average molecular weight is 323 g/mol. The van der Waals surface area contributed by atoms with Crippen LogP contribution in [-0.2, 0) is 15.0 Å². The van der Waals surface area contributed by atoms with E-state index in [1.165, 1.54) is 17.3 Å². The molecule has 0 fully saturated rings. The van der Waals surface area contributed by atoms with E-state index in [1.807, 2.05) is 12.1 Å². The smallest absolute Gasteiger partial charge is 0.303 e. The number of rotatable bonds is 8. The molecule has 4 nitrogen and oxygen atoms in total. The van der Waals surface area contributed by atoms with Crippen molar-refractivity contribution in [3.63, 3.8) is 0 Å². The maximum absolute atomic E-state index is 11.7. The molecule has 0 aliphatic carbocycles. The zero-order chi connectivity index (χ0) is 16.6. The Morgan fingerprint density at radius 2 is 1.77 bits per heavy atom. The van der Waals surface area contributed by atoms with Crippen LogP contribution in [0.5, 0.6) is 0 Å². The van der Waals surface area contributed by atoms with Crippen LogP contribution in [0.15, 0.2) is 29.2 Å². The van der Waals surface area contributed by atoms with E-state index in [2.05, 4.69) is 38.2 Å². The van der Waals surface area contributed by atoms with E-state index in [0.29, 0.717) is 25.1 Å². The van der Waals surface area contributed by atoms with E-state index in [0.717, 1.165) is 4.90 Å². The predicted octanol–water partition coefficient (Wildman–Crippen LogP) is 3.45. The first-order valence-corrected chi connectivity index (χ1v) is 8.49. The van der Waals surface area contributed by atoms with Crippen LogP contribution < -0.4 is 5.32 Å². The van der Waals surface area contributed by atoms with Crippen LogP contribution in [0, 0.1) is 0 Å². The van der Waals surface area contributed by atoms with E-state index in [9.17, 15) is 9.59 Å². The summed E-state index contributed by atoms with van der Waals surface area (Å²) in [6, 6.07) is 8.30. The Morgan fingerprint density at radius 1 is 1.14 bits per heavy atom. The van der Waals surface area contributed by atoms with E-state index in [-0.39, 0.29) is 17.7 Å². The fourth-order valence-electron chi connectivity index (χ4n) is 1.88. The van der Waals surface area contributed by atoms with Gasteiger partial charge in [0.1, 0.15) is 0 Å². The molecule has 5 heteroatoms. The molecule has 0 atom stereocenters. The largest absolute Gasteiger partial charge is 0.481 e. The summed E-state index contributed by atoms with van der Waals surface area (Å²) < 4.78 is 0. The fraction of sp³-hybridized carbons (Fsp3) is 0.529. The van der Waals surface area contributed by atoms with Gasteiger partial charge in [-0.05, 0) is 36.0 Å². The van der Waals surface area contributed by atoms with Crippen LogP contribution in [0.25, 0.3) is 0 Å². The van der Waals surface area contributed by atoms with E-state index < -0.39 is 5.97 Å². The minimum atomic E-state index is -0.791. The molecular weight excluding hydrogens is 298 g/mol. The Bertz CT molecular complexity index is 492. The zero-order valence-electron chi connectivity index (χ0n) is 13.5. The number of amides is 1. The molecule has 0 spiro atoms. The third-order valence-corrected chi connectivity index (χ3v) is 4.24. The third kappa shape index (κ3) is 7.50. The molecule has 0 saturated carbocycles. The van der Waals surface area contributed by atoms with Gasteiger partial charge in [0.2, 0.25) is 5.91 Å². The van der Waals surface area contributed by atoms with Gasteiger partial charge < -0.3 is 10.4 Å². The number of thioether (sulfide) groups is 1. The first-order chi connectivity index (χ1) is 10.3. The van der Waals surface area contributed by atoms with Crippen LogP contribution in [-0.4, -0.2) is 29.3 Å². The molecule has 0 unspecified atom stereocenters. The van der Waals surface area contributed by atoms with Crippen LogP contribution in [0.1, 0.15) is 45.6 Å². The lowest BCUT2D eigenvalue weighted by Gasteiger charge is -2.19. The first kappa shape index (κ1) is 18.6. The van der Waals surface area contributed by atoms with Gasteiger partial charge in [0.25, 0.3) is 0 Å². The number of carbonyl (C=O) groups excluding carboxylic acids is 1. The summed E-state index contributed by atoms with van der Waals surface area (Å²) >= 11 is 1.51. The van der Waals surface area contributed by atoms with Crippen molar-refractivity contribution in [2.24, 2.45) is 0 Å². The van der Waals surface area contributed by atoms with Crippen LogP contribution in [0.4, 0.5) is 0 Å². The number of carboxylic acids is 1. The van der Waals surface area contributed by atoms with Crippen molar-refractivity contribution >= 4 is 23.6 Å². The van der Waals surface area contributed by atoms with Crippen molar-refractivity contribution < 1.29 is 14.7 Å². The molecule has 1 aromatic rings. The topological polar surface area (TPSA) is 66.4 Å². The highest BCUT2D eigenvalue weighted by atomic mass is 32.2. The second kappa shape index (κ2) is 8.83. The number of benzene rings is 1. The number of unbranched alkanes of at least 4 members (excludes halogenated alkanes) is 1. The summed E-state index contributed by atoms with van der Waals surface area (Å²) in [6.45, 7) is 7.06. The summed E-state index contributed by atoms with van der Waals surface area (Å²) in [7, 11) is 0. The molecule has 22 heavy (non-hydrogen) atoms. The van der Waals surface area contributed by atoms with Gasteiger partial charge in [0.05, 0.1) is 5.75 Å². The van der Waals surface area contributed by atoms with Crippen molar-refractivity contribution in [3.05, 3.63) is 29.8 Å². The molecule has 1 amide bonds. The molecule has 2 N–H and O–H groups in total. The molecule has 0 aromatic heterocycles. The number of hydrogen-bond donors (Lipinski definition) is 2. The Kier molecular flexibility index (Phi) is 7.45. The normalized spacial score (nSPS) is 11.2. The third-order valence-electron chi connectivity index (χ3n) is 3.23. The van der Waals surface area contributed by atoms with Crippen molar-refractivity contribution in [2.75, 3.05) is 12.3 Å². The number of nitrogens with one attached hydrogen (secondary N) is 1. The van der Waals surface area contributed by atoms with Crippen molar-refractivity contribution in [3.8, 4) is 0 Å². The lowest BCUT2D eigenvalue weighted by Crippen LogP contribution is -2.26. The SMILES string of the molecule is CC(C)(C)c1ccc(SCC(=O)NCCCCC(=O)O)cc1. The summed E-state index contributed by atoms with van der Waals surface area (Å²) in [5.41, 5.74) is 1.41. The monoisotopic (exact) mass is 323 g/mol. The van der Waals surface area contributed by atoms with Crippen molar-refractivity contribution in [1.82, 2.24) is 5.32 Å². The fourth-order valence-corrected chi connectivity index (χ4v) is 2.61. The summed E-state index contributed by atoms with van der Waals surface area (Å²) in [5.74, 6) is -0.422. The van der Waals surface area contributed by atoms with E-state index >= 15 is 0 Å². The van der Waals surface area contributed by atoms with E-state index in [4.69, 9.17) is 5.11 Å². The highest BCUT2D eigenvalue weighted by molar-refractivity contribution is 8.00. The Hall–Kier alpha value is -1.49. The van der Waals surface area contributed by atoms with Gasteiger partial charge in [-0.25, -0.2) is 0 Å². The Labute approximate surface area is 136 Å². The number of carbonyl (C=O) groups is 2. The minimum absolute atomic E-state index is 0.0137. The Balaban J connectivity index is 2.25. The molecule has 0 bridgehead atoms. The second-order valence-electron chi connectivity index (χ2n) is 6.26. The molecule has 1 aromatic carbocycles. The number of carboxylic acid groups (broad SMARTS) is 1. The molecule has 0 radical (unpaired) electrons. The standard InChI is InChI=1S/C17H25NO3S/c1-17(2,3)13-7-9-14(10-8-13)22-12-15(19)18-11-5-4-6-16(20)21/h7-10H,4-6,11-12H2,1-3H3,(H,18,19)(H,20,21). The lowest BCUT2D eigenvalue weighted by atomic mass is 9.87. The van der Waals surface area contributed by atoms with Crippen molar-refractivity contribution in [2.45, 2.75) is 50.3 Å². The first-order valence-electron chi connectivity index (χ1n) is 7.51. The molecule has 0 heterocycles. The number of hydrogen-bond acceptors (Lipinski definition) is 3. The maximum Gasteiger partial charge on any atom is 0.303 e. The second-order valence-corrected chi connectivity index (χ2v) is 7.31. The van der Waals surface area contributed by atoms with Gasteiger partial charge in [-0.15, -0.1) is 11.8 Å². The maximum atomic E-state index is 11.7. The van der Waals surface area contributed by atoms with Crippen molar-refractivity contribution in [1.29, 1.82) is 0 Å². The van der Waals surface area contributed by atoms with Gasteiger partial charge in [-0.3, -0.25) is 9.59 Å². The number of aliphatic carboxylic acids is 1. The lowest BCUT2D eigenvalue weighted by molar-refractivity contribution is -0.137. The zero-order valence-corrected chi connectivity index (χ0v) is 14.3. The predicted molar refractivity (Wildman–Crippen MR) is 90.4 cm³/mol.